The van der Waals surface area contributed by atoms with E-state index in [9.17, 15) is 5.26 Å². The van der Waals surface area contributed by atoms with Gasteiger partial charge in [-0.25, -0.2) is 0 Å². The Balaban J connectivity index is 2.86. The quantitative estimate of drug-likeness (QED) is 0.617. The minimum Gasteiger partial charge on any atom is -0.493 e. The number of hydrogen-bond donors (Lipinski definition) is 1. The van der Waals surface area contributed by atoms with E-state index >= 15 is 0 Å². The summed E-state index contributed by atoms with van der Waals surface area (Å²) in [6.45, 7) is 3.81. The number of hydrogen-bond acceptors (Lipinski definition) is 6. The summed E-state index contributed by atoms with van der Waals surface area (Å²) in [6, 6.07) is 5.70. The van der Waals surface area contributed by atoms with Gasteiger partial charge in [0, 0.05) is 16.7 Å². The van der Waals surface area contributed by atoms with Gasteiger partial charge in [0.1, 0.15) is 18.9 Å². The molecule has 0 unspecified atom stereocenters. The minimum absolute atomic E-state index is 0.361. The topological polar surface area (TPSA) is 88.9 Å². The molecule has 1 aromatic heterocycles. The monoisotopic (exact) mass is 341 g/mol. The second-order valence-corrected chi connectivity index (χ2v) is 4.82. The molecule has 1 aromatic carbocycles. The van der Waals surface area contributed by atoms with E-state index < -0.39 is 0 Å². The van der Waals surface area contributed by atoms with Crippen molar-refractivity contribution in [2.45, 2.75) is 0 Å². The van der Waals surface area contributed by atoms with Gasteiger partial charge in [-0.1, -0.05) is 17.8 Å². The molecule has 0 aliphatic carbocycles. The summed E-state index contributed by atoms with van der Waals surface area (Å²) in [5.41, 5.74) is 2.97. The Morgan fingerprint density at radius 2 is 1.84 bits per heavy atom. The van der Waals surface area contributed by atoms with Gasteiger partial charge in [-0.05, 0) is 12.1 Å². The molecule has 0 amide bonds. The van der Waals surface area contributed by atoms with Gasteiger partial charge in [0.25, 0.3) is 0 Å². The Hall–Kier alpha value is -3.40. The van der Waals surface area contributed by atoms with Crippen LogP contribution in [0.4, 0.5) is 0 Å². The molecule has 0 spiro atoms. The van der Waals surface area contributed by atoms with Crippen LogP contribution >= 0.6 is 0 Å². The molecule has 1 heterocycles. The van der Waals surface area contributed by atoms with Gasteiger partial charge in [0.15, 0.2) is 11.5 Å². The average Bonchev–Trinajstić information content (AvgIpc) is 3.01. The third-order valence-electron chi connectivity index (χ3n) is 3.64. The Kier molecular flexibility index (Phi) is 5.69. The third kappa shape index (κ3) is 3.15. The summed E-state index contributed by atoms with van der Waals surface area (Å²) < 4.78 is 16.3. The van der Waals surface area contributed by atoms with Gasteiger partial charge in [-0.15, -0.1) is 0 Å². The zero-order valence-corrected chi connectivity index (χ0v) is 14.5. The second-order valence-electron chi connectivity index (χ2n) is 4.82. The van der Waals surface area contributed by atoms with E-state index in [4.69, 9.17) is 19.0 Å². The highest BCUT2D eigenvalue weighted by molar-refractivity contribution is 5.96. The number of aromatic amines is 1. The van der Waals surface area contributed by atoms with E-state index in [1.54, 1.807) is 19.3 Å². The van der Waals surface area contributed by atoms with Crippen molar-refractivity contribution in [2.75, 3.05) is 28.4 Å². The van der Waals surface area contributed by atoms with Crippen LogP contribution in [-0.4, -0.2) is 39.6 Å². The first-order valence-electron chi connectivity index (χ1n) is 7.31. The van der Waals surface area contributed by atoms with Crippen molar-refractivity contribution in [3.05, 3.63) is 35.7 Å². The maximum atomic E-state index is 9.39. The number of nitrogens with one attached hydrogen (secondary N) is 1. The second kappa shape index (κ2) is 7.93. The standard InChI is InChI=1S/C18H19N3O4/c1-6-11-13(9-19)21-14(10-20-25-5)16(11)12-7-8-15(22-2)18(24-4)17(12)23-3/h6-8,10,21H,1H2,2-5H3. The SMILES string of the molecule is C=Cc1c(C#N)[nH]c(C=NOC)c1-c1ccc(OC)c(OC)c1OC. The molecule has 1 N–H and O–H groups in total. The van der Waals surface area contributed by atoms with Crippen molar-refractivity contribution in [3.8, 4) is 34.4 Å². The van der Waals surface area contributed by atoms with Crippen molar-refractivity contribution >= 4 is 12.3 Å². The predicted molar refractivity (Wildman–Crippen MR) is 95.3 cm³/mol. The molecule has 25 heavy (non-hydrogen) atoms. The van der Waals surface area contributed by atoms with Gasteiger partial charge < -0.3 is 24.0 Å². The molecule has 0 saturated carbocycles. The van der Waals surface area contributed by atoms with Gasteiger partial charge in [0.2, 0.25) is 5.75 Å². The first-order chi connectivity index (χ1) is 12.2. The van der Waals surface area contributed by atoms with Crippen LogP contribution in [0.2, 0.25) is 0 Å². The van der Waals surface area contributed by atoms with Crippen LogP contribution in [0, 0.1) is 11.3 Å². The number of oxime groups is 1. The summed E-state index contributed by atoms with van der Waals surface area (Å²) in [6.07, 6.45) is 3.09. The Labute approximate surface area is 146 Å². The van der Waals surface area contributed by atoms with E-state index in [1.807, 2.05) is 6.07 Å². The minimum atomic E-state index is 0.361. The molecule has 0 radical (unpaired) electrons. The van der Waals surface area contributed by atoms with E-state index in [1.165, 1.54) is 27.5 Å². The average molecular weight is 341 g/mol. The molecule has 0 atom stereocenters. The lowest BCUT2D eigenvalue weighted by atomic mass is 9.98. The van der Waals surface area contributed by atoms with E-state index in [-0.39, 0.29) is 0 Å². The Bertz CT molecular complexity index is 847. The molecule has 0 aliphatic rings. The smallest absolute Gasteiger partial charge is 0.203 e. The fourth-order valence-corrected chi connectivity index (χ4v) is 2.62. The van der Waals surface area contributed by atoms with Crippen molar-refractivity contribution in [1.29, 1.82) is 5.26 Å². The van der Waals surface area contributed by atoms with Crippen LogP contribution in [0.5, 0.6) is 17.2 Å². The molecule has 0 saturated heterocycles. The lowest BCUT2D eigenvalue weighted by molar-refractivity contribution is 0.215. The number of H-pyrrole nitrogens is 1. The summed E-state index contributed by atoms with van der Waals surface area (Å²) in [5.74, 6) is 1.46. The number of nitriles is 1. The number of nitrogens with zero attached hydrogens (tertiary/aromatic N) is 2. The first kappa shape index (κ1) is 17.9. The Morgan fingerprint density at radius 1 is 1.12 bits per heavy atom. The number of methoxy groups -OCH3 is 3. The van der Waals surface area contributed by atoms with Gasteiger partial charge in [-0.2, -0.15) is 5.26 Å². The van der Waals surface area contributed by atoms with E-state index in [0.717, 1.165) is 0 Å². The zero-order valence-electron chi connectivity index (χ0n) is 14.5. The van der Waals surface area contributed by atoms with Crippen molar-refractivity contribution in [1.82, 2.24) is 4.98 Å². The van der Waals surface area contributed by atoms with Crippen LogP contribution in [0.15, 0.2) is 23.9 Å². The molecule has 0 bridgehead atoms. The first-order valence-corrected chi connectivity index (χ1v) is 7.31. The van der Waals surface area contributed by atoms with Crippen LogP contribution in [0.1, 0.15) is 17.0 Å². The summed E-state index contributed by atoms with van der Waals surface area (Å²) >= 11 is 0. The van der Waals surface area contributed by atoms with Gasteiger partial charge in [-0.3, -0.25) is 0 Å². The molecule has 130 valence electrons. The molecular weight excluding hydrogens is 322 g/mol. The van der Waals surface area contributed by atoms with Crippen LogP contribution < -0.4 is 14.2 Å². The van der Waals surface area contributed by atoms with E-state index in [2.05, 4.69) is 22.8 Å². The molecule has 0 aliphatic heterocycles. The summed E-state index contributed by atoms with van der Waals surface area (Å²) in [4.78, 5) is 7.77. The normalized spacial score (nSPS) is 10.4. The lowest BCUT2D eigenvalue weighted by Gasteiger charge is -2.16. The van der Waals surface area contributed by atoms with Crippen LogP contribution in [0.25, 0.3) is 17.2 Å². The van der Waals surface area contributed by atoms with Crippen LogP contribution in [0.3, 0.4) is 0 Å². The molecule has 7 nitrogen and oxygen atoms in total. The molecule has 0 fully saturated rings. The Morgan fingerprint density at radius 3 is 2.36 bits per heavy atom. The van der Waals surface area contributed by atoms with Gasteiger partial charge >= 0.3 is 0 Å². The number of ether oxygens (including phenoxy) is 3. The molecule has 7 heteroatoms. The molecular formula is C18H19N3O4. The number of aromatic nitrogens is 1. The van der Waals surface area contributed by atoms with Gasteiger partial charge in [0.05, 0.1) is 33.2 Å². The number of rotatable bonds is 7. The largest absolute Gasteiger partial charge is 0.493 e. The highest BCUT2D eigenvalue weighted by atomic mass is 16.6. The van der Waals surface area contributed by atoms with Crippen molar-refractivity contribution in [2.24, 2.45) is 5.16 Å². The maximum absolute atomic E-state index is 9.39. The summed E-state index contributed by atoms with van der Waals surface area (Å²) in [7, 11) is 6.06. The highest BCUT2D eigenvalue weighted by Gasteiger charge is 2.23. The lowest BCUT2D eigenvalue weighted by Crippen LogP contribution is -1.98. The van der Waals surface area contributed by atoms with Crippen molar-refractivity contribution < 1.29 is 19.0 Å². The van der Waals surface area contributed by atoms with E-state index in [0.29, 0.717) is 45.3 Å². The van der Waals surface area contributed by atoms with Crippen molar-refractivity contribution in [3.63, 3.8) is 0 Å². The fourth-order valence-electron chi connectivity index (χ4n) is 2.62. The molecule has 2 rings (SSSR count). The molecule has 2 aromatic rings. The summed E-state index contributed by atoms with van der Waals surface area (Å²) in [5, 5.41) is 13.2. The predicted octanol–water partition coefficient (Wildman–Crippen LogP) is 3.20. The maximum Gasteiger partial charge on any atom is 0.203 e. The van der Waals surface area contributed by atoms with Crippen LogP contribution in [-0.2, 0) is 4.84 Å². The third-order valence-corrected chi connectivity index (χ3v) is 3.64. The fraction of sp³-hybridized carbons (Fsp3) is 0.222. The number of benzene rings is 1. The highest BCUT2D eigenvalue weighted by Crippen LogP contribution is 2.46. The zero-order chi connectivity index (χ0) is 18.4.